The lowest BCUT2D eigenvalue weighted by Gasteiger charge is -2.29. The summed E-state index contributed by atoms with van der Waals surface area (Å²) in [6.45, 7) is 3.13. The van der Waals surface area contributed by atoms with Crippen molar-refractivity contribution >= 4 is 36.9 Å². The fraction of sp³-hybridized carbons (Fsp3) is 0.192. The summed E-state index contributed by atoms with van der Waals surface area (Å²) in [7, 11) is -3.29. The maximum atomic E-state index is 13.6. The molecule has 5 rings (SSSR count). The van der Waals surface area contributed by atoms with Crippen molar-refractivity contribution in [2.45, 2.75) is 4.90 Å². The minimum Gasteiger partial charge on any atom is -0.378 e. The highest BCUT2D eigenvalue weighted by molar-refractivity contribution is 7.90. The molecule has 1 fully saturated rings. The lowest BCUT2D eigenvalue weighted by Crippen LogP contribution is -2.36. The fourth-order valence-electron chi connectivity index (χ4n) is 4.12. The first-order valence-electron chi connectivity index (χ1n) is 10.7. The lowest BCUT2D eigenvalue weighted by atomic mass is 10.00. The van der Waals surface area contributed by atoms with Gasteiger partial charge in [-0.25, -0.2) is 8.42 Å². The summed E-state index contributed by atoms with van der Waals surface area (Å²) in [5.74, 6) is 0. The van der Waals surface area contributed by atoms with E-state index in [2.05, 4.69) is 17.0 Å². The van der Waals surface area contributed by atoms with Crippen LogP contribution in [0.15, 0.2) is 82.5 Å². The Morgan fingerprint density at radius 1 is 0.848 bits per heavy atom. The summed E-state index contributed by atoms with van der Waals surface area (Å²) in [4.78, 5) is 17.0. The largest absolute Gasteiger partial charge is 0.378 e. The third-order valence-electron chi connectivity index (χ3n) is 5.87. The Bertz CT molecular complexity index is 1470. The second-order valence-electron chi connectivity index (χ2n) is 8.07. The van der Waals surface area contributed by atoms with Gasteiger partial charge in [0, 0.05) is 45.6 Å². The number of rotatable bonds is 4. The third kappa shape index (κ3) is 4.31. The van der Waals surface area contributed by atoms with Crippen molar-refractivity contribution in [3.8, 4) is 21.6 Å². The van der Waals surface area contributed by atoms with Gasteiger partial charge in [0.25, 0.3) is 0 Å². The van der Waals surface area contributed by atoms with Gasteiger partial charge in [0.05, 0.1) is 18.1 Å². The van der Waals surface area contributed by atoms with Gasteiger partial charge in [-0.3, -0.25) is 4.79 Å². The number of sulfone groups is 1. The maximum Gasteiger partial charge on any atom is 0.196 e. The molecule has 0 bridgehead atoms. The molecule has 0 aliphatic carbocycles. The molecular formula is C26H23NO4S2. The van der Waals surface area contributed by atoms with Crippen LogP contribution in [-0.2, 0) is 14.6 Å². The van der Waals surface area contributed by atoms with Crippen molar-refractivity contribution in [2.24, 2.45) is 0 Å². The Kier molecular flexibility index (Phi) is 5.78. The number of fused-ring (bicyclic) bond motifs is 1. The normalized spacial score (nSPS) is 14.5. The molecule has 1 saturated heterocycles. The Balaban J connectivity index is 1.66. The van der Waals surface area contributed by atoms with E-state index in [0.29, 0.717) is 24.2 Å². The Morgan fingerprint density at radius 3 is 2.15 bits per heavy atom. The highest BCUT2D eigenvalue weighted by Gasteiger charge is 2.18. The molecule has 0 spiro atoms. The first-order valence-corrected chi connectivity index (χ1v) is 13.4. The van der Waals surface area contributed by atoms with Gasteiger partial charge >= 0.3 is 0 Å². The number of morpholine rings is 1. The summed E-state index contributed by atoms with van der Waals surface area (Å²) in [6.07, 6.45) is 1.19. The number of hydrogen-bond acceptors (Lipinski definition) is 6. The topological polar surface area (TPSA) is 63.7 Å². The Labute approximate surface area is 196 Å². The smallest absolute Gasteiger partial charge is 0.196 e. The molecule has 0 unspecified atom stereocenters. The number of benzene rings is 3. The van der Waals surface area contributed by atoms with Crippen LogP contribution in [0.5, 0.6) is 0 Å². The van der Waals surface area contributed by atoms with E-state index in [-0.39, 0.29) is 10.3 Å². The predicted octanol–water partition coefficient (Wildman–Crippen LogP) is 4.84. The average Bonchev–Trinajstić information content (AvgIpc) is 2.84. The van der Waals surface area contributed by atoms with Crippen LogP contribution in [-0.4, -0.2) is 41.0 Å². The van der Waals surface area contributed by atoms with Crippen LogP contribution >= 0.6 is 11.3 Å². The molecule has 4 aromatic rings. The van der Waals surface area contributed by atoms with Gasteiger partial charge in [0.15, 0.2) is 15.3 Å². The third-order valence-corrected chi connectivity index (χ3v) is 8.22. The van der Waals surface area contributed by atoms with Gasteiger partial charge < -0.3 is 9.64 Å². The van der Waals surface area contributed by atoms with Crippen LogP contribution in [0.3, 0.4) is 0 Å². The van der Waals surface area contributed by atoms with Crippen LogP contribution in [0.25, 0.3) is 31.7 Å². The maximum absolute atomic E-state index is 13.6. The molecule has 2 heterocycles. The molecular weight excluding hydrogens is 454 g/mol. The average molecular weight is 478 g/mol. The van der Waals surface area contributed by atoms with E-state index in [1.54, 1.807) is 35.6 Å². The first-order chi connectivity index (χ1) is 15.9. The number of anilines is 1. The van der Waals surface area contributed by atoms with Crippen LogP contribution in [0.2, 0.25) is 0 Å². The Hall–Kier alpha value is -3.00. The van der Waals surface area contributed by atoms with E-state index in [4.69, 9.17) is 4.74 Å². The van der Waals surface area contributed by atoms with Gasteiger partial charge in [-0.05, 0) is 47.5 Å². The summed E-state index contributed by atoms with van der Waals surface area (Å²) in [5.41, 5.74) is 3.40. The van der Waals surface area contributed by atoms with E-state index < -0.39 is 9.84 Å². The van der Waals surface area contributed by atoms with Crippen LogP contribution in [0.1, 0.15) is 0 Å². The van der Waals surface area contributed by atoms with Crippen molar-refractivity contribution < 1.29 is 13.2 Å². The molecule has 33 heavy (non-hydrogen) atoms. The minimum absolute atomic E-state index is 0.0225. The van der Waals surface area contributed by atoms with E-state index in [1.807, 2.05) is 36.4 Å². The zero-order chi connectivity index (χ0) is 23.0. The molecule has 1 aliphatic rings. The molecule has 5 nitrogen and oxygen atoms in total. The van der Waals surface area contributed by atoms with Crippen LogP contribution in [0, 0.1) is 0 Å². The van der Waals surface area contributed by atoms with Crippen molar-refractivity contribution in [3.05, 3.63) is 83.0 Å². The summed E-state index contributed by atoms with van der Waals surface area (Å²) < 4.78 is 30.1. The van der Waals surface area contributed by atoms with Gasteiger partial charge in [0.2, 0.25) is 0 Å². The van der Waals surface area contributed by atoms with Crippen molar-refractivity contribution in [2.75, 3.05) is 37.5 Å². The molecule has 3 aromatic carbocycles. The van der Waals surface area contributed by atoms with Crippen molar-refractivity contribution in [3.63, 3.8) is 0 Å². The SMILES string of the molecule is CS(=O)(=O)c1ccc(-c2sc3ccccc3c(=O)c2-c2ccc(N3CCOCC3)cc2)cc1. The fourth-order valence-corrected chi connectivity index (χ4v) is 5.96. The zero-order valence-corrected chi connectivity index (χ0v) is 19.8. The number of nitrogens with zero attached hydrogens (tertiary/aromatic N) is 1. The number of hydrogen-bond donors (Lipinski definition) is 0. The highest BCUT2D eigenvalue weighted by atomic mass is 32.2. The molecule has 1 aliphatic heterocycles. The molecule has 1 aromatic heterocycles. The molecule has 0 N–H and O–H groups in total. The van der Waals surface area contributed by atoms with Crippen molar-refractivity contribution in [1.82, 2.24) is 0 Å². The van der Waals surface area contributed by atoms with E-state index in [0.717, 1.165) is 39.5 Å². The van der Waals surface area contributed by atoms with Gasteiger partial charge in [-0.1, -0.05) is 36.4 Å². The molecule has 0 radical (unpaired) electrons. The van der Waals surface area contributed by atoms with Gasteiger partial charge in [-0.15, -0.1) is 11.3 Å². The van der Waals surface area contributed by atoms with Gasteiger partial charge in [0.1, 0.15) is 0 Å². The lowest BCUT2D eigenvalue weighted by molar-refractivity contribution is 0.122. The second kappa shape index (κ2) is 8.74. The molecule has 168 valence electrons. The monoisotopic (exact) mass is 477 g/mol. The van der Waals surface area contributed by atoms with Crippen LogP contribution in [0.4, 0.5) is 5.69 Å². The van der Waals surface area contributed by atoms with Crippen molar-refractivity contribution in [1.29, 1.82) is 0 Å². The summed E-state index contributed by atoms with van der Waals surface area (Å²) in [5, 5.41) is 0.686. The Morgan fingerprint density at radius 2 is 1.48 bits per heavy atom. The molecule has 7 heteroatoms. The molecule has 0 atom stereocenters. The van der Waals surface area contributed by atoms with Crippen LogP contribution < -0.4 is 10.3 Å². The predicted molar refractivity (Wildman–Crippen MR) is 135 cm³/mol. The van der Waals surface area contributed by atoms with E-state index >= 15 is 0 Å². The summed E-state index contributed by atoms with van der Waals surface area (Å²) in [6, 6.07) is 22.5. The van der Waals surface area contributed by atoms with E-state index in [1.165, 1.54) is 6.26 Å². The second-order valence-corrected chi connectivity index (χ2v) is 11.1. The van der Waals surface area contributed by atoms with E-state index in [9.17, 15) is 13.2 Å². The standard InChI is InChI=1S/C26H23NO4S2/c1-33(29,30)21-12-8-19(9-13-21)26-24(25(28)22-4-2-3-5-23(22)32-26)18-6-10-20(11-7-18)27-14-16-31-17-15-27/h2-13H,14-17H2,1H3. The molecule has 0 saturated carbocycles. The first kappa shape index (κ1) is 21.8. The zero-order valence-electron chi connectivity index (χ0n) is 18.2. The minimum atomic E-state index is -3.29. The number of ether oxygens (including phenoxy) is 1. The summed E-state index contributed by atoms with van der Waals surface area (Å²) >= 11 is 1.54. The van der Waals surface area contributed by atoms with Gasteiger partial charge in [-0.2, -0.15) is 0 Å². The quantitative estimate of drug-likeness (QED) is 0.421. The molecule has 0 amide bonds. The highest BCUT2D eigenvalue weighted by Crippen LogP contribution is 2.37.